The molecular formula is C6H11ClN2O4S. The van der Waals surface area contributed by atoms with Crippen molar-refractivity contribution in [2.75, 3.05) is 26.8 Å². The van der Waals surface area contributed by atoms with Crippen molar-refractivity contribution in [2.45, 2.75) is 6.04 Å². The van der Waals surface area contributed by atoms with Crippen molar-refractivity contribution >= 4 is 25.8 Å². The third kappa shape index (κ3) is 3.09. The molecule has 1 aliphatic heterocycles. The topological polar surface area (TPSA) is 75.7 Å². The molecule has 1 amide bonds. The smallest absolute Gasteiger partial charge is 0.299 e. The standard InChI is InChI=1S/C6H11ClN2O4S/c1-13-4-6(10)8-5-2-9(3-5)14(7,11)12/h5H,2-4H2,1H3,(H,8,10). The predicted octanol–water partition coefficient (Wildman–Crippen LogP) is -1.08. The molecule has 82 valence electrons. The highest BCUT2D eigenvalue weighted by molar-refractivity contribution is 8.11. The second-order valence-electron chi connectivity index (χ2n) is 2.96. The minimum atomic E-state index is -3.62. The van der Waals surface area contributed by atoms with Gasteiger partial charge in [0.2, 0.25) is 5.91 Å². The van der Waals surface area contributed by atoms with E-state index in [-0.39, 0.29) is 31.6 Å². The molecule has 8 heteroatoms. The fourth-order valence-corrected chi connectivity index (χ4v) is 2.16. The first-order valence-electron chi connectivity index (χ1n) is 3.91. The average molecular weight is 243 g/mol. The molecule has 0 aliphatic carbocycles. The van der Waals surface area contributed by atoms with Crippen LogP contribution in [0.5, 0.6) is 0 Å². The Morgan fingerprint density at radius 2 is 2.21 bits per heavy atom. The Morgan fingerprint density at radius 3 is 2.64 bits per heavy atom. The van der Waals surface area contributed by atoms with Crippen LogP contribution in [0, 0.1) is 0 Å². The van der Waals surface area contributed by atoms with Crippen molar-refractivity contribution in [3.63, 3.8) is 0 Å². The lowest BCUT2D eigenvalue weighted by Crippen LogP contribution is -2.60. The van der Waals surface area contributed by atoms with E-state index in [4.69, 9.17) is 10.7 Å². The van der Waals surface area contributed by atoms with Crippen molar-refractivity contribution in [2.24, 2.45) is 0 Å². The maximum atomic E-state index is 11.0. The van der Waals surface area contributed by atoms with Gasteiger partial charge >= 0.3 is 0 Å². The highest BCUT2D eigenvalue weighted by atomic mass is 35.7. The lowest BCUT2D eigenvalue weighted by Gasteiger charge is -2.36. The number of hydrogen-bond donors (Lipinski definition) is 1. The zero-order valence-electron chi connectivity index (χ0n) is 7.57. The number of rotatable bonds is 4. The van der Waals surface area contributed by atoms with Crippen molar-refractivity contribution in [1.29, 1.82) is 0 Å². The molecule has 0 radical (unpaired) electrons. The van der Waals surface area contributed by atoms with Crippen molar-refractivity contribution in [3.8, 4) is 0 Å². The third-order valence-corrected chi connectivity index (χ3v) is 3.30. The second kappa shape index (κ2) is 4.43. The number of carbonyl (C=O) groups excluding carboxylic acids is 1. The summed E-state index contributed by atoms with van der Waals surface area (Å²) in [5, 5.41) is 2.59. The van der Waals surface area contributed by atoms with E-state index in [1.54, 1.807) is 0 Å². The summed E-state index contributed by atoms with van der Waals surface area (Å²) in [6, 6.07) is -0.161. The molecule has 0 bridgehead atoms. The van der Waals surface area contributed by atoms with Crippen LogP contribution in [0.3, 0.4) is 0 Å². The van der Waals surface area contributed by atoms with E-state index >= 15 is 0 Å². The van der Waals surface area contributed by atoms with Gasteiger partial charge in [-0.2, -0.15) is 12.7 Å². The van der Waals surface area contributed by atoms with Crippen LogP contribution in [0.15, 0.2) is 0 Å². The molecule has 1 heterocycles. The first-order chi connectivity index (χ1) is 6.43. The molecule has 0 spiro atoms. The van der Waals surface area contributed by atoms with Crippen molar-refractivity contribution in [3.05, 3.63) is 0 Å². The number of hydrogen-bond acceptors (Lipinski definition) is 4. The molecule has 1 rings (SSSR count). The Kier molecular flexibility index (Phi) is 3.71. The molecule has 1 saturated heterocycles. The second-order valence-corrected chi connectivity index (χ2v) is 5.47. The summed E-state index contributed by atoms with van der Waals surface area (Å²) >= 11 is 0. The SMILES string of the molecule is COCC(=O)NC1CN(S(=O)(=O)Cl)C1. The first kappa shape index (κ1) is 11.7. The zero-order valence-corrected chi connectivity index (χ0v) is 9.14. The Morgan fingerprint density at radius 1 is 1.64 bits per heavy atom. The van der Waals surface area contributed by atoms with Crippen LogP contribution in [-0.4, -0.2) is 51.5 Å². The van der Waals surface area contributed by atoms with Gasteiger partial charge in [0.15, 0.2) is 0 Å². The molecular weight excluding hydrogens is 232 g/mol. The molecule has 6 nitrogen and oxygen atoms in total. The summed E-state index contributed by atoms with van der Waals surface area (Å²) < 4.78 is 27.1. The molecule has 0 saturated carbocycles. The van der Waals surface area contributed by atoms with Gasteiger partial charge in [-0.1, -0.05) is 0 Å². The monoisotopic (exact) mass is 242 g/mol. The van der Waals surface area contributed by atoms with Gasteiger partial charge in [-0.05, 0) is 0 Å². The Hall–Kier alpha value is -0.370. The summed E-state index contributed by atoms with van der Waals surface area (Å²) in [5.41, 5.74) is 0. The van der Waals surface area contributed by atoms with E-state index in [1.165, 1.54) is 7.11 Å². The van der Waals surface area contributed by atoms with E-state index in [0.717, 1.165) is 4.31 Å². The number of halogens is 1. The molecule has 0 aromatic heterocycles. The van der Waals surface area contributed by atoms with E-state index < -0.39 is 9.24 Å². The normalized spacial score (nSPS) is 19.0. The van der Waals surface area contributed by atoms with Crippen LogP contribution >= 0.6 is 10.7 Å². The Balaban J connectivity index is 2.26. The summed E-state index contributed by atoms with van der Waals surface area (Å²) in [7, 11) is 2.85. The number of ether oxygens (including phenoxy) is 1. The van der Waals surface area contributed by atoms with Crippen LogP contribution in [0.1, 0.15) is 0 Å². The molecule has 0 aromatic carbocycles. The van der Waals surface area contributed by atoms with Gasteiger partial charge in [-0.15, -0.1) is 0 Å². The third-order valence-electron chi connectivity index (χ3n) is 1.80. The van der Waals surface area contributed by atoms with Gasteiger partial charge in [0.05, 0.1) is 6.04 Å². The van der Waals surface area contributed by atoms with Gasteiger partial charge < -0.3 is 10.1 Å². The van der Waals surface area contributed by atoms with Crippen LogP contribution in [0.4, 0.5) is 0 Å². The first-order valence-corrected chi connectivity index (χ1v) is 6.18. The summed E-state index contributed by atoms with van der Waals surface area (Å²) in [6.07, 6.45) is 0. The highest BCUT2D eigenvalue weighted by Crippen LogP contribution is 2.16. The zero-order chi connectivity index (χ0) is 10.8. The minimum Gasteiger partial charge on any atom is -0.375 e. The predicted molar refractivity (Wildman–Crippen MR) is 50.2 cm³/mol. The summed E-state index contributed by atoms with van der Waals surface area (Å²) in [6.45, 7) is 0.423. The van der Waals surface area contributed by atoms with Gasteiger partial charge in [0, 0.05) is 30.9 Å². The molecule has 1 aliphatic rings. The Bertz CT molecular complexity index is 312. The van der Waals surface area contributed by atoms with Gasteiger partial charge in [-0.25, -0.2) is 0 Å². The fourth-order valence-electron chi connectivity index (χ4n) is 1.11. The maximum Gasteiger partial charge on any atom is 0.299 e. The number of nitrogens with zero attached hydrogens (tertiary/aromatic N) is 1. The lowest BCUT2D eigenvalue weighted by molar-refractivity contribution is -0.126. The van der Waals surface area contributed by atoms with E-state index in [9.17, 15) is 13.2 Å². The summed E-state index contributed by atoms with van der Waals surface area (Å²) in [4.78, 5) is 11.0. The van der Waals surface area contributed by atoms with E-state index in [0.29, 0.717) is 0 Å². The molecule has 0 atom stereocenters. The van der Waals surface area contributed by atoms with Gasteiger partial charge in [0.25, 0.3) is 9.24 Å². The van der Waals surface area contributed by atoms with Crippen LogP contribution in [0.2, 0.25) is 0 Å². The molecule has 1 N–H and O–H groups in total. The largest absolute Gasteiger partial charge is 0.375 e. The molecule has 0 unspecified atom stereocenters. The minimum absolute atomic E-state index is 0.0237. The highest BCUT2D eigenvalue weighted by Gasteiger charge is 2.35. The quantitative estimate of drug-likeness (QED) is 0.636. The molecule has 0 aromatic rings. The van der Waals surface area contributed by atoms with Gasteiger partial charge in [-0.3, -0.25) is 4.79 Å². The van der Waals surface area contributed by atoms with Crippen molar-refractivity contribution in [1.82, 2.24) is 9.62 Å². The number of methoxy groups -OCH3 is 1. The number of nitrogens with one attached hydrogen (secondary N) is 1. The van der Waals surface area contributed by atoms with Gasteiger partial charge in [0.1, 0.15) is 6.61 Å². The van der Waals surface area contributed by atoms with Crippen LogP contribution in [-0.2, 0) is 18.8 Å². The molecule has 1 fully saturated rings. The van der Waals surface area contributed by atoms with Crippen molar-refractivity contribution < 1.29 is 17.9 Å². The maximum absolute atomic E-state index is 11.0. The average Bonchev–Trinajstić information content (AvgIpc) is 1.94. The van der Waals surface area contributed by atoms with E-state index in [2.05, 4.69) is 10.1 Å². The van der Waals surface area contributed by atoms with Crippen LogP contribution in [0.25, 0.3) is 0 Å². The summed E-state index contributed by atoms with van der Waals surface area (Å²) in [5.74, 6) is -0.260. The Labute approximate surface area is 86.7 Å². The number of amides is 1. The fraction of sp³-hybridized carbons (Fsp3) is 0.833. The number of carbonyl (C=O) groups is 1. The van der Waals surface area contributed by atoms with Crippen LogP contribution < -0.4 is 5.32 Å². The molecule has 14 heavy (non-hydrogen) atoms. The van der Waals surface area contributed by atoms with E-state index in [1.807, 2.05) is 0 Å². The lowest BCUT2D eigenvalue weighted by atomic mass is 10.2.